The van der Waals surface area contributed by atoms with E-state index in [1.165, 1.54) is 15.5 Å². The van der Waals surface area contributed by atoms with Crippen molar-refractivity contribution in [3.05, 3.63) is 138 Å². The van der Waals surface area contributed by atoms with Gasteiger partial charge in [-0.15, -0.1) is 34.6 Å². The van der Waals surface area contributed by atoms with Crippen LogP contribution in [0.25, 0.3) is 93.1 Å². The number of aromatic hydroxyl groups is 1. The number of hydrogen-bond acceptors (Lipinski definition) is 5. The zero-order chi connectivity index (χ0) is 40.2. The molecule has 0 saturated heterocycles. The van der Waals surface area contributed by atoms with Gasteiger partial charge in [-0.3, -0.25) is 9.55 Å². The Balaban J connectivity index is 0.00000449. The van der Waals surface area contributed by atoms with Gasteiger partial charge in [0.1, 0.15) is 27.6 Å². The van der Waals surface area contributed by atoms with Crippen LogP contribution in [0.1, 0.15) is 37.5 Å². The van der Waals surface area contributed by atoms with Gasteiger partial charge in [0.15, 0.2) is 0 Å². The number of phenolic OH excluding ortho intramolecular Hbond substituents is 1. The third kappa shape index (κ3) is 6.37. The minimum atomic E-state index is -1.69. The summed E-state index contributed by atoms with van der Waals surface area (Å²) < 4.78 is 9.88. The Morgan fingerprint density at radius 3 is 2.19 bits per heavy atom. The fraction of sp³-hybridized carbons (Fsp3) is 0.176. The van der Waals surface area contributed by atoms with E-state index >= 15 is 0 Å². The molecule has 0 amide bonds. The molecule has 10 rings (SSSR count). The molecule has 0 saturated carbocycles. The molecule has 1 N–H and O–H groups in total. The molecule has 0 aliphatic carbocycles. The number of nitrogens with zero attached hydrogens (tertiary/aromatic N) is 3. The number of furan rings is 1. The van der Waals surface area contributed by atoms with Crippen LogP contribution in [0.3, 0.4) is 0 Å². The summed E-state index contributed by atoms with van der Waals surface area (Å²) in [6.07, 6.45) is 0. The van der Waals surface area contributed by atoms with Crippen molar-refractivity contribution in [3.63, 3.8) is 0 Å². The van der Waals surface area contributed by atoms with Crippen LogP contribution >= 0.6 is 11.3 Å². The van der Waals surface area contributed by atoms with E-state index in [0.717, 1.165) is 88.1 Å². The van der Waals surface area contributed by atoms with Crippen LogP contribution in [-0.4, -0.2) is 27.7 Å². The maximum absolute atomic E-state index is 11.8. The summed E-state index contributed by atoms with van der Waals surface area (Å²) in [7, 11) is -1.69. The summed E-state index contributed by atoms with van der Waals surface area (Å²) in [5.41, 5.74) is 14.3. The van der Waals surface area contributed by atoms with Crippen LogP contribution in [-0.2, 0) is 26.5 Å². The molecular formula is C51H44N3O2PtSSi-. The van der Waals surface area contributed by atoms with Gasteiger partial charge in [-0.05, 0) is 66.8 Å². The Bertz CT molecular complexity index is 3160. The van der Waals surface area contributed by atoms with E-state index in [-0.39, 0.29) is 32.2 Å². The number of thiophene rings is 1. The second-order valence-corrected chi connectivity index (χ2v) is 23.8. The third-order valence-corrected chi connectivity index (χ3v) is 14.6. The second-order valence-electron chi connectivity index (χ2n) is 17.6. The quantitative estimate of drug-likeness (QED) is 0.133. The SMILES string of the molecule is Cc1cccc(C)c1-n1c(-c2ccc([Si](C)(C)C)cc2O)nc2c(-c3[c-]c(-c4cc5oc6cccc7sc(n4)c5c67)cc(C(C)(C)C)c3-c3ccccc3)cccc21.[Pt]. The predicted octanol–water partition coefficient (Wildman–Crippen LogP) is 13.6. The molecule has 0 aliphatic rings. The summed E-state index contributed by atoms with van der Waals surface area (Å²) in [5.74, 6) is 0.937. The average Bonchev–Trinajstić information content (AvgIpc) is 3.89. The summed E-state index contributed by atoms with van der Waals surface area (Å²) >= 11 is 1.71. The molecule has 4 aromatic heterocycles. The van der Waals surface area contributed by atoms with E-state index in [4.69, 9.17) is 14.4 Å². The first-order valence-corrected chi connectivity index (χ1v) is 24.2. The first kappa shape index (κ1) is 39.1. The molecule has 6 aromatic carbocycles. The Labute approximate surface area is 364 Å². The van der Waals surface area contributed by atoms with E-state index in [0.29, 0.717) is 11.4 Å². The van der Waals surface area contributed by atoms with Gasteiger partial charge in [0.2, 0.25) is 0 Å². The van der Waals surface area contributed by atoms with Crippen molar-refractivity contribution in [2.75, 3.05) is 0 Å². The van der Waals surface area contributed by atoms with Crippen molar-refractivity contribution < 1.29 is 30.6 Å². The molecule has 0 spiro atoms. The average molecular weight is 986 g/mol. The third-order valence-electron chi connectivity index (χ3n) is 11.6. The van der Waals surface area contributed by atoms with Crippen molar-refractivity contribution >= 4 is 67.1 Å². The second kappa shape index (κ2) is 14.2. The van der Waals surface area contributed by atoms with E-state index in [1.54, 1.807) is 11.3 Å². The van der Waals surface area contributed by atoms with Gasteiger partial charge >= 0.3 is 0 Å². The Morgan fingerprint density at radius 1 is 0.746 bits per heavy atom. The molecular weight excluding hydrogens is 942 g/mol. The van der Waals surface area contributed by atoms with Crippen LogP contribution in [0.2, 0.25) is 19.6 Å². The Hall–Kier alpha value is -5.33. The molecule has 4 heterocycles. The number of imidazole rings is 1. The van der Waals surface area contributed by atoms with Gasteiger partial charge < -0.3 is 9.52 Å². The molecule has 296 valence electrons. The molecule has 8 heteroatoms. The number of fused-ring (bicyclic) bond motifs is 1. The van der Waals surface area contributed by atoms with Crippen LogP contribution in [0.4, 0.5) is 0 Å². The number of hydrogen-bond donors (Lipinski definition) is 1. The van der Waals surface area contributed by atoms with Gasteiger partial charge in [-0.2, -0.15) is 0 Å². The summed E-state index contributed by atoms with van der Waals surface area (Å²) in [6, 6.07) is 44.2. The molecule has 5 nitrogen and oxygen atoms in total. The van der Waals surface area contributed by atoms with Crippen LogP contribution in [0.15, 0.2) is 120 Å². The minimum Gasteiger partial charge on any atom is -0.507 e. The van der Waals surface area contributed by atoms with Crippen molar-refractivity contribution in [2.45, 2.75) is 59.7 Å². The first-order chi connectivity index (χ1) is 27.8. The molecule has 0 aliphatic heterocycles. The first-order valence-electron chi connectivity index (χ1n) is 19.9. The number of phenols is 1. The van der Waals surface area contributed by atoms with E-state index in [2.05, 4.69) is 162 Å². The summed E-state index contributed by atoms with van der Waals surface area (Å²) in [6.45, 7) is 18.0. The molecule has 59 heavy (non-hydrogen) atoms. The van der Waals surface area contributed by atoms with Crippen molar-refractivity contribution in [1.29, 1.82) is 0 Å². The van der Waals surface area contributed by atoms with Gasteiger partial charge in [-0.25, -0.2) is 4.98 Å². The fourth-order valence-corrected chi connectivity index (χ4v) is 10.9. The monoisotopic (exact) mass is 985 g/mol. The van der Waals surface area contributed by atoms with E-state index in [1.807, 2.05) is 18.2 Å². The zero-order valence-electron chi connectivity index (χ0n) is 34.4. The molecule has 10 aromatic rings. The topological polar surface area (TPSA) is 64.1 Å². The van der Waals surface area contributed by atoms with Gasteiger partial charge in [0, 0.05) is 36.8 Å². The Kier molecular flexibility index (Phi) is 9.39. The van der Waals surface area contributed by atoms with Crippen molar-refractivity contribution in [3.8, 4) is 56.3 Å². The smallest absolute Gasteiger partial charge is 0.148 e. The van der Waals surface area contributed by atoms with Gasteiger partial charge in [0.05, 0.1) is 35.7 Å². The van der Waals surface area contributed by atoms with Crippen LogP contribution < -0.4 is 5.19 Å². The van der Waals surface area contributed by atoms with E-state index < -0.39 is 8.07 Å². The Morgan fingerprint density at radius 2 is 1.47 bits per heavy atom. The number of pyridine rings is 1. The summed E-state index contributed by atoms with van der Waals surface area (Å²) in [5, 5.41) is 15.2. The normalized spacial score (nSPS) is 12.3. The fourth-order valence-electron chi connectivity index (χ4n) is 8.65. The van der Waals surface area contributed by atoms with Crippen molar-refractivity contribution in [2.24, 2.45) is 0 Å². The number of para-hydroxylation sites is 2. The molecule has 0 atom stereocenters. The minimum absolute atomic E-state index is 0. The zero-order valence-corrected chi connectivity index (χ0v) is 38.5. The predicted molar refractivity (Wildman–Crippen MR) is 246 cm³/mol. The summed E-state index contributed by atoms with van der Waals surface area (Å²) in [4.78, 5) is 11.8. The maximum atomic E-state index is 11.8. The van der Waals surface area contributed by atoms with Gasteiger partial charge in [0.25, 0.3) is 0 Å². The number of benzene rings is 6. The van der Waals surface area contributed by atoms with Crippen molar-refractivity contribution in [1.82, 2.24) is 14.5 Å². The largest absolute Gasteiger partial charge is 0.507 e. The van der Waals surface area contributed by atoms with Gasteiger partial charge in [-0.1, -0.05) is 141 Å². The number of aryl methyl sites for hydroxylation is 2. The van der Waals surface area contributed by atoms with E-state index in [9.17, 15) is 5.11 Å². The number of aromatic nitrogens is 3. The molecule has 0 fully saturated rings. The number of rotatable bonds is 6. The molecule has 0 radical (unpaired) electrons. The van der Waals surface area contributed by atoms with Crippen LogP contribution in [0, 0.1) is 19.9 Å². The molecule has 0 bridgehead atoms. The standard InChI is InChI=1S/C51H44N3O2SSi.Pt/c1-29-15-12-16-30(2)48(29)54-39-20-13-19-34(47(39)53-49(54)35-24-23-33(27-40(35)55)58(6,7)8)36-25-32(26-37(51(3,4)5)44(36)31-17-10-9-11-18-31)38-28-42-46-45-41(56-42)21-14-22-43(45)57-50(46)52-38;/h9-24,26-28,55H,1-8H3;/q-1;. The maximum Gasteiger partial charge on any atom is 0.148 e. The van der Waals surface area contributed by atoms with Crippen LogP contribution in [0.5, 0.6) is 5.75 Å². The molecule has 0 unspecified atom stereocenters.